The van der Waals surface area contributed by atoms with Crippen molar-refractivity contribution in [2.24, 2.45) is 5.92 Å². The molecule has 0 bridgehead atoms. The molecule has 0 aromatic heterocycles. The number of likely N-dealkylation sites (tertiary alicyclic amines) is 1. The van der Waals surface area contributed by atoms with Crippen molar-refractivity contribution in [2.45, 2.75) is 45.3 Å². The predicted molar refractivity (Wildman–Crippen MR) is 87.0 cm³/mol. The van der Waals surface area contributed by atoms with E-state index in [-0.39, 0.29) is 11.7 Å². The van der Waals surface area contributed by atoms with Gasteiger partial charge in [0, 0.05) is 6.54 Å². The van der Waals surface area contributed by atoms with Gasteiger partial charge in [-0.15, -0.1) is 0 Å². The van der Waals surface area contributed by atoms with Crippen molar-refractivity contribution in [1.82, 2.24) is 4.90 Å². The van der Waals surface area contributed by atoms with Crippen LogP contribution in [0.2, 0.25) is 0 Å². The second-order valence-electron chi connectivity index (χ2n) is 7.11. The first-order valence-electron chi connectivity index (χ1n) is 8.01. The minimum atomic E-state index is -0.664. The lowest BCUT2D eigenvalue weighted by Gasteiger charge is -2.27. The predicted octanol–water partition coefficient (Wildman–Crippen LogP) is 3.17. The first kappa shape index (κ1) is 18.2. The summed E-state index contributed by atoms with van der Waals surface area (Å²) in [5.74, 6) is -0.704. The summed E-state index contributed by atoms with van der Waals surface area (Å²) in [6.07, 6.45) is 0.534. The van der Waals surface area contributed by atoms with Gasteiger partial charge in [-0.2, -0.15) is 0 Å². The summed E-state index contributed by atoms with van der Waals surface area (Å²) in [7, 11) is 1.30. The summed E-state index contributed by atoms with van der Waals surface area (Å²) in [6.45, 7) is 5.71. The number of hydrogen-bond acceptors (Lipinski definition) is 4. The fourth-order valence-corrected chi connectivity index (χ4v) is 2.95. The highest BCUT2D eigenvalue weighted by atomic mass is 19.1. The zero-order chi connectivity index (χ0) is 17.9. The van der Waals surface area contributed by atoms with Gasteiger partial charge in [-0.05, 0) is 57.2 Å². The van der Waals surface area contributed by atoms with Gasteiger partial charge in [0.05, 0.1) is 7.11 Å². The molecule has 0 spiro atoms. The molecule has 0 saturated carbocycles. The summed E-state index contributed by atoms with van der Waals surface area (Å²) in [5.41, 5.74) is 0.202. The number of ether oxygens (including phenoxy) is 2. The number of nitrogens with zero attached hydrogens (tertiary/aromatic N) is 1. The van der Waals surface area contributed by atoms with Gasteiger partial charge in [0.25, 0.3) is 0 Å². The lowest BCUT2D eigenvalue weighted by atomic mass is 9.97. The van der Waals surface area contributed by atoms with Crippen LogP contribution in [0.1, 0.15) is 32.8 Å². The lowest BCUT2D eigenvalue weighted by Crippen LogP contribution is -2.43. The van der Waals surface area contributed by atoms with Crippen LogP contribution in [0.5, 0.6) is 0 Å². The average molecular weight is 337 g/mol. The summed E-state index contributed by atoms with van der Waals surface area (Å²) in [6, 6.07) is 5.70. The van der Waals surface area contributed by atoms with Crippen molar-refractivity contribution >= 4 is 12.1 Å². The number of methoxy groups -OCH3 is 1. The molecule has 2 rings (SSSR count). The number of carbonyl (C=O) groups is 2. The van der Waals surface area contributed by atoms with Crippen molar-refractivity contribution in [3.05, 3.63) is 35.6 Å². The average Bonchev–Trinajstić information content (AvgIpc) is 2.88. The van der Waals surface area contributed by atoms with Crippen LogP contribution in [0, 0.1) is 11.7 Å². The van der Waals surface area contributed by atoms with Gasteiger partial charge in [-0.3, -0.25) is 4.90 Å². The summed E-state index contributed by atoms with van der Waals surface area (Å²) in [4.78, 5) is 25.8. The van der Waals surface area contributed by atoms with Gasteiger partial charge >= 0.3 is 12.1 Å². The zero-order valence-electron chi connectivity index (χ0n) is 14.5. The SMILES string of the molecule is COC(=O)[C@@H]1CC(Cc2cccc(F)c2)CN1C(=O)OC(C)(C)C. The number of carbonyl (C=O) groups excluding carboxylic acids is 2. The van der Waals surface area contributed by atoms with Crippen LogP contribution in [0.25, 0.3) is 0 Å². The van der Waals surface area contributed by atoms with Crippen molar-refractivity contribution in [3.63, 3.8) is 0 Å². The molecule has 1 aliphatic heterocycles. The monoisotopic (exact) mass is 337 g/mol. The second-order valence-corrected chi connectivity index (χ2v) is 7.11. The number of esters is 1. The topological polar surface area (TPSA) is 55.8 Å². The Labute approximate surface area is 141 Å². The molecule has 1 aliphatic rings. The number of rotatable bonds is 3. The van der Waals surface area contributed by atoms with Crippen LogP contribution >= 0.6 is 0 Å². The molecule has 6 heteroatoms. The molecule has 1 saturated heterocycles. The normalized spacial score (nSPS) is 20.8. The third kappa shape index (κ3) is 4.69. The Morgan fingerprint density at radius 2 is 2.04 bits per heavy atom. The van der Waals surface area contributed by atoms with Crippen molar-refractivity contribution in [2.75, 3.05) is 13.7 Å². The zero-order valence-corrected chi connectivity index (χ0v) is 14.5. The Morgan fingerprint density at radius 1 is 1.33 bits per heavy atom. The molecule has 1 heterocycles. The number of hydrogen-bond donors (Lipinski definition) is 0. The van der Waals surface area contributed by atoms with E-state index in [1.165, 1.54) is 24.1 Å². The van der Waals surface area contributed by atoms with Crippen molar-refractivity contribution in [3.8, 4) is 0 Å². The Hall–Kier alpha value is -2.11. The summed E-state index contributed by atoms with van der Waals surface area (Å²) < 4.78 is 23.5. The number of halogens is 1. The fraction of sp³-hybridized carbons (Fsp3) is 0.556. The van der Waals surface area contributed by atoms with Crippen LogP contribution in [0.3, 0.4) is 0 Å². The third-order valence-electron chi connectivity index (χ3n) is 3.90. The molecule has 0 N–H and O–H groups in total. The smallest absolute Gasteiger partial charge is 0.411 e. The van der Waals surface area contributed by atoms with Gasteiger partial charge in [-0.25, -0.2) is 14.0 Å². The molecule has 1 fully saturated rings. The number of amides is 1. The molecule has 1 amide bonds. The molecular formula is C18H24FNO4. The quantitative estimate of drug-likeness (QED) is 0.795. The van der Waals surface area contributed by atoms with E-state index < -0.39 is 23.7 Å². The number of benzene rings is 1. The maximum absolute atomic E-state index is 13.3. The van der Waals surface area contributed by atoms with Crippen LogP contribution in [-0.2, 0) is 20.7 Å². The Bertz CT molecular complexity index is 611. The molecule has 1 aromatic rings. The summed E-state index contributed by atoms with van der Waals surface area (Å²) in [5, 5.41) is 0. The Kier molecular flexibility index (Phi) is 5.47. The van der Waals surface area contributed by atoms with Gasteiger partial charge in [0.2, 0.25) is 0 Å². The molecule has 24 heavy (non-hydrogen) atoms. The first-order chi connectivity index (χ1) is 11.2. The molecule has 1 unspecified atom stereocenters. The maximum Gasteiger partial charge on any atom is 0.411 e. The van der Waals surface area contributed by atoms with E-state index in [1.807, 2.05) is 6.07 Å². The van der Waals surface area contributed by atoms with Crippen LogP contribution in [-0.4, -0.2) is 42.3 Å². The molecule has 2 atom stereocenters. The molecule has 132 valence electrons. The van der Waals surface area contributed by atoms with Crippen LogP contribution in [0.4, 0.5) is 9.18 Å². The van der Waals surface area contributed by atoms with E-state index in [0.29, 0.717) is 19.4 Å². The van der Waals surface area contributed by atoms with E-state index in [1.54, 1.807) is 26.8 Å². The molecule has 1 aromatic carbocycles. The minimum absolute atomic E-state index is 0.0448. The highest BCUT2D eigenvalue weighted by Gasteiger charge is 2.42. The van der Waals surface area contributed by atoms with Crippen molar-refractivity contribution < 1.29 is 23.5 Å². The van der Waals surface area contributed by atoms with E-state index >= 15 is 0 Å². The highest BCUT2D eigenvalue weighted by molar-refractivity contribution is 5.82. The van der Waals surface area contributed by atoms with E-state index in [9.17, 15) is 14.0 Å². The Morgan fingerprint density at radius 3 is 2.62 bits per heavy atom. The lowest BCUT2D eigenvalue weighted by molar-refractivity contribution is -0.145. The second kappa shape index (κ2) is 7.20. The van der Waals surface area contributed by atoms with Gasteiger partial charge < -0.3 is 9.47 Å². The van der Waals surface area contributed by atoms with Crippen LogP contribution < -0.4 is 0 Å². The fourth-order valence-electron chi connectivity index (χ4n) is 2.95. The summed E-state index contributed by atoms with van der Waals surface area (Å²) >= 11 is 0. The maximum atomic E-state index is 13.3. The third-order valence-corrected chi connectivity index (χ3v) is 3.90. The minimum Gasteiger partial charge on any atom is -0.467 e. The van der Waals surface area contributed by atoms with Gasteiger partial charge in [0.1, 0.15) is 17.5 Å². The Balaban J connectivity index is 2.11. The first-order valence-corrected chi connectivity index (χ1v) is 8.01. The molecule has 5 nitrogen and oxygen atoms in total. The molecule has 0 radical (unpaired) electrons. The standard InChI is InChI=1S/C18H24FNO4/c1-18(2,3)24-17(22)20-11-13(10-15(20)16(21)23-4)8-12-6-5-7-14(19)9-12/h5-7,9,13,15H,8,10-11H2,1-4H3/t13?,15-/m0/s1. The van der Waals surface area contributed by atoms with E-state index in [4.69, 9.17) is 9.47 Å². The molecule has 0 aliphatic carbocycles. The van der Waals surface area contributed by atoms with Gasteiger partial charge in [0.15, 0.2) is 0 Å². The van der Waals surface area contributed by atoms with Crippen molar-refractivity contribution in [1.29, 1.82) is 0 Å². The highest BCUT2D eigenvalue weighted by Crippen LogP contribution is 2.29. The largest absolute Gasteiger partial charge is 0.467 e. The van der Waals surface area contributed by atoms with Gasteiger partial charge in [-0.1, -0.05) is 12.1 Å². The van der Waals surface area contributed by atoms with E-state index in [0.717, 1.165) is 5.56 Å². The van der Waals surface area contributed by atoms with Crippen LogP contribution in [0.15, 0.2) is 24.3 Å². The molecular weight excluding hydrogens is 313 g/mol. The van der Waals surface area contributed by atoms with E-state index in [2.05, 4.69) is 0 Å².